The van der Waals surface area contributed by atoms with E-state index in [1.807, 2.05) is 0 Å². The van der Waals surface area contributed by atoms with Crippen LogP contribution in [-0.4, -0.2) is 3.21 Å². The summed E-state index contributed by atoms with van der Waals surface area (Å²) in [5, 5.41) is 0. The topological polar surface area (TPSA) is 0 Å². The minimum atomic E-state index is 0. The van der Waals surface area contributed by atoms with E-state index < -0.39 is 0 Å². The van der Waals surface area contributed by atoms with Gasteiger partial charge in [-0.05, 0) is 34.3 Å². The van der Waals surface area contributed by atoms with Crippen LogP contribution in [0.15, 0.2) is 109 Å². The summed E-state index contributed by atoms with van der Waals surface area (Å²) >= 11 is 1.46. The number of benzene rings is 4. The summed E-state index contributed by atoms with van der Waals surface area (Å²) in [6, 6.07) is 34.6. The van der Waals surface area contributed by atoms with E-state index in [-0.39, 0.29) is 41.1 Å². The molecule has 0 spiro atoms. The standard InChI is InChI=1S/C30H37.C13H10.2ClH.Zr/c1-28(2,3)22-12-11-20(15-22)26-16-21-14-19-10-13-23(29(4,5)6)17-24(19)25(21)18-27(26)30(7,8)9;1-3-7-12(8-4-1)11-13-9-5-2-6-10-13;;;/h10-13,15,17-18,20H,14H2,1-9H3;1-10H;2*1H;/q-1;;;;+2/p-2. The van der Waals surface area contributed by atoms with E-state index in [1.54, 1.807) is 0 Å². The molecule has 0 saturated carbocycles. The van der Waals surface area contributed by atoms with Gasteiger partial charge in [-0.1, -0.05) is 115 Å². The zero-order chi connectivity index (χ0) is 31.9. The van der Waals surface area contributed by atoms with Gasteiger partial charge in [0, 0.05) is 0 Å². The SMILES string of the molecule is CC(C)(C)C1=CC(c2[c-]c3c(cc2C(C)(C)C)-c2cc(C(C)(C)C)ccc2C3)C=C1.[Cl-].[Cl-].[Zr+2]=[C](c1ccccc1)c1ccccc1. The van der Waals surface area contributed by atoms with Crippen molar-refractivity contribution in [2.24, 2.45) is 5.41 Å². The summed E-state index contributed by atoms with van der Waals surface area (Å²) in [4.78, 5) is 0. The third kappa shape index (κ3) is 8.58. The molecule has 0 nitrogen and oxygen atoms in total. The third-order valence-corrected chi connectivity index (χ3v) is 10.2. The summed E-state index contributed by atoms with van der Waals surface area (Å²) in [6.45, 7) is 20.8. The fourth-order valence-corrected chi connectivity index (χ4v) is 6.89. The van der Waals surface area contributed by atoms with E-state index in [4.69, 9.17) is 0 Å². The van der Waals surface area contributed by atoms with E-state index >= 15 is 0 Å². The van der Waals surface area contributed by atoms with Crippen molar-refractivity contribution in [3.8, 4) is 11.1 Å². The predicted molar refractivity (Wildman–Crippen MR) is 186 cm³/mol. The van der Waals surface area contributed by atoms with Crippen LogP contribution in [0.3, 0.4) is 0 Å². The van der Waals surface area contributed by atoms with Crippen LogP contribution >= 0.6 is 0 Å². The van der Waals surface area contributed by atoms with Gasteiger partial charge >= 0.3 is 99.2 Å². The van der Waals surface area contributed by atoms with Gasteiger partial charge in [-0.15, -0.1) is 22.3 Å². The first-order valence-corrected chi connectivity index (χ1v) is 17.2. The van der Waals surface area contributed by atoms with Gasteiger partial charge in [0.25, 0.3) is 0 Å². The average Bonchev–Trinajstić information content (AvgIpc) is 3.61. The van der Waals surface area contributed by atoms with Gasteiger partial charge < -0.3 is 24.8 Å². The molecular formula is C43H47Cl2Zr-. The molecule has 0 N–H and O–H groups in total. The minimum absolute atomic E-state index is 0. The number of fused-ring (bicyclic) bond motifs is 3. The average molecular weight is 726 g/mol. The predicted octanol–water partition coefficient (Wildman–Crippen LogP) is 5.09. The molecule has 4 aromatic carbocycles. The zero-order valence-corrected chi connectivity index (χ0v) is 32.8. The molecule has 0 bridgehead atoms. The van der Waals surface area contributed by atoms with E-state index in [0.29, 0.717) is 5.92 Å². The maximum atomic E-state index is 3.92. The number of halogens is 2. The molecule has 0 heterocycles. The molecule has 2 aliphatic carbocycles. The zero-order valence-electron chi connectivity index (χ0n) is 28.9. The summed E-state index contributed by atoms with van der Waals surface area (Å²) in [7, 11) is 0. The van der Waals surface area contributed by atoms with E-state index in [2.05, 4.69) is 172 Å². The summed E-state index contributed by atoms with van der Waals surface area (Å²) in [5.41, 5.74) is 14.3. The Hall–Kier alpha value is -2.31. The van der Waals surface area contributed by atoms with Crippen LogP contribution in [-0.2, 0) is 41.5 Å². The van der Waals surface area contributed by atoms with Gasteiger partial charge in [0.1, 0.15) is 0 Å². The maximum absolute atomic E-state index is 3.92. The van der Waals surface area contributed by atoms with E-state index in [9.17, 15) is 0 Å². The Labute approximate surface area is 306 Å². The second kappa shape index (κ2) is 14.9. The molecule has 1 atom stereocenters. The van der Waals surface area contributed by atoms with Crippen molar-refractivity contribution in [3.05, 3.63) is 154 Å². The molecule has 0 radical (unpaired) electrons. The fraction of sp³-hybridized carbons (Fsp3) is 0.326. The van der Waals surface area contributed by atoms with Crippen LogP contribution in [0.4, 0.5) is 0 Å². The van der Waals surface area contributed by atoms with Gasteiger partial charge in [-0.25, -0.2) is 0 Å². The molecular weight excluding hydrogens is 679 g/mol. The van der Waals surface area contributed by atoms with Crippen molar-refractivity contribution in [2.75, 3.05) is 0 Å². The van der Waals surface area contributed by atoms with Crippen molar-refractivity contribution in [1.29, 1.82) is 0 Å². The summed E-state index contributed by atoms with van der Waals surface area (Å²) in [5.74, 6) is 0.326. The van der Waals surface area contributed by atoms with Gasteiger partial charge in [0.2, 0.25) is 0 Å². The first-order chi connectivity index (χ1) is 20.6. The second-order valence-electron chi connectivity index (χ2n) is 15.4. The molecule has 4 aromatic rings. The molecule has 0 saturated heterocycles. The van der Waals surface area contributed by atoms with Crippen LogP contribution in [0.2, 0.25) is 0 Å². The first kappa shape index (κ1) is 38.1. The van der Waals surface area contributed by atoms with E-state index in [0.717, 1.165) is 6.42 Å². The van der Waals surface area contributed by atoms with Crippen LogP contribution < -0.4 is 24.8 Å². The van der Waals surface area contributed by atoms with Gasteiger partial charge in [-0.3, -0.25) is 0 Å². The Kier molecular flexibility index (Phi) is 12.3. The number of rotatable bonds is 3. The molecule has 0 amide bonds. The van der Waals surface area contributed by atoms with Crippen molar-refractivity contribution >= 4 is 3.21 Å². The second-order valence-corrected chi connectivity index (χ2v) is 16.6. The molecule has 46 heavy (non-hydrogen) atoms. The first-order valence-electron chi connectivity index (χ1n) is 16.0. The molecule has 2 aliphatic rings. The third-order valence-electron chi connectivity index (χ3n) is 8.80. The van der Waals surface area contributed by atoms with Gasteiger partial charge in [0.05, 0.1) is 0 Å². The van der Waals surface area contributed by atoms with Gasteiger partial charge in [0.15, 0.2) is 0 Å². The van der Waals surface area contributed by atoms with Crippen LogP contribution in [0.5, 0.6) is 0 Å². The fourth-order valence-electron chi connectivity index (χ4n) is 6.08. The van der Waals surface area contributed by atoms with Crippen LogP contribution in [0.25, 0.3) is 11.1 Å². The Morgan fingerprint density at radius 2 is 1.24 bits per heavy atom. The summed E-state index contributed by atoms with van der Waals surface area (Å²) in [6.07, 6.45) is 8.14. The monoisotopic (exact) mass is 723 g/mol. The van der Waals surface area contributed by atoms with Gasteiger partial charge in [-0.2, -0.15) is 12.1 Å². The van der Waals surface area contributed by atoms with Crippen molar-refractivity contribution < 1.29 is 49.0 Å². The molecule has 3 heteroatoms. The molecule has 0 aromatic heterocycles. The molecule has 0 aliphatic heterocycles. The molecule has 238 valence electrons. The number of hydrogen-bond acceptors (Lipinski definition) is 0. The van der Waals surface area contributed by atoms with Crippen molar-refractivity contribution in [2.45, 2.75) is 85.5 Å². The number of hydrogen-bond donors (Lipinski definition) is 0. The Bertz CT molecular complexity index is 1680. The quantitative estimate of drug-likeness (QED) is 0.228. The Balaban J connectivity index is 0.000000304. The molecule has 1 unspecified atom stereocenters. The molecule has 6 rings (SSSR count). The van der Waals surface area contributed by atoms with Crippen molar-refractivity contribution in [3.63, 3.8) is 0 Å². The summed E-state index contributed by atoms with van der Waals surface area (Å²) < 4.78 is 1.42. The number of allylic oxidation sites excluding steroid dienone is 4. The molecule has 0 fully saturated rings. The van der Waals surface area contributed by atoms with E-state index in [1.165, 1.54) is 83.1 Å². The van der Waals surface area contributed by atoms with Crippen LogP contribution in [0.1, 0.15) is 107 Å². The Morgan fingerprint density at radius 1 is 0.674 bits per heavy atom. The van der Waals surface area contributed by atoms with Crippen LogP contribution in [0, 0.1) is 11.5 Å². The normalized spacial score (nSPS) is 15.0. The van der Waals surface area contributed by atoms with Crippen molar-refractivity contribution in [1.82, 2.24) is 0 Å². The Morgan fingerprint density at radius 3 is 1.72 bits per heavy atom.